The van der Waals surface area contributed by atoms with E-state index in [0.29, 0.717) is 16.8 Å². The highest BCUT2D eigenvalue weighted by Crippen LogP contribution is 2.24. The molecule has 1 amide bonds. The summed E-state index contributed by atoms with van der Waals surface area (Å²) < 4.78 is 28.6. The zero-order chi connectivity index (χ0) is 20.3. The molecule has 2 N–H and O–H groups in total. The first-order valence-corrected chi connectivity index (χ1v) is 11.3. The molecular formula is C22H28N2O3S. The van der Waals surface area contributed by atoms with Crippen molar-refractivity contribution in [1.82, 2.24) is 5.32 Å². The summed E-state index contributed by atoms with van der Waals surface area (Å²) in [7, 11) is -3.80. The van der Waals surface area contributed by atoms with Gasteiger partial charge in [0.1, 0.15) is 0 Å². The lowest BCUT2D eigenvalue weighted by Crippen LogP contribution is -2.36. The van der Waals surface area contributed by atoms with Crippen molar-refractivity contribution in [2.75, 3.05) is 4.72 Å². The minimum absolute atomic E-state index is 0.128. The molecule has 0 aromatic heterocycles. The van der Waals surface area contributed by atoms with E-state index >= 15 is 0 Å². The van der Waals surface area contributed by atoms with Crippen molar-refractivity contribution >= 4 is 21.6 Å². The van der Waals surface area contributed by atoms with Crippen LogP contribution in [0.25, 0.3) is 0 Å². The Bertz CT molecular complexity index is 977. The summed E-state index contributed by atoms with van der Waals surface area (Å²) in [6, 6.07) is 10.6. The maximum atomic E-state index is 13.0. The number of carbonyl (C=O) groups is 1. The Morgan fingerprint density at radius 2 is 1.64 bits per heavy atom. The average molecular weight is 401 g/mol. The molecule has 1 saturated carbocycles. The Hall–Kier alpha value is -2.34. The van der Waals surface area contributed by atoms with Gasteiger partial charge in [0.15, 0.2) is 0 Å². The first-order valence-electron chi connectivity index (χ1n) is 9.78. The van der Waals surface area contributed by atoms with Gasteiger partial charge in [0.05, 0.1) is 10.6 Å². The lowest BCUT2D eigenvalue weighted by Gasteiger charge is -2.23. The molecule has 1 fully saturated rings. The summed E-state index contributed by atoms with van der Waals surface area (Å²) in [5.74, 6) is -0.213. The van der Waals surface area contributed by atoms with Crippen LogP contribution >= 0.6 is 0 Å². The van der Waals surface area contributed by atoms with Gasteiger partial charge in [0.2, 0.25) is 0 Å². The Morgan fingerprint density at radius 3 is 2.32 bits per heavy atom. The van der Waals surface area contributed by atoms with Gasteiger partial charge in [-0.15, -0.1) is 0 Å². The topological polar surface area (TPSA) is 75.3 Å². The van der Waals surface area contributed by atoms with Crippen LogP contribution in [0.3, 0.4) is 0 Å². The Labute approximate surface area is 167 Å². The van der Waals surface area contributed by atoms with Gasteiger partial charge in [-0.25, -0.2) is 8.42 Å². The van der Waals surface area contributed by atoms with Crippen LogP contribution in [-0.2, 0) is 10.0 Å². The molecular weight excluding hydrogens is 372 g/mol. The van der Waals surface area contributed by atoms with E-state index in [9.17, 15) is 13.2 Å². The van der Waals surface area contributed by atoms with Crippen LogP contribution in [0.15, 0.2) is 41.3 Å². The number of anilines is 1. The zero-order valence-corrected chi connectivity index (χ0v) is 17.5. The molecule has 0 aliphatic heterocycles. The quantitative estimate of drug-likeness (QED) is 0.777. The van der Waals surface area contributed by atoms with Crippen molar-refractivity contribution in [1.29, 1.82) is 0 Å². The molecule has 2 aromatic carbocycles. The van der Waals surface area contributed by atoms with E-state index in [4.69, 9.17) is 0 Å². The van der Waals surface area contributed by atoms with Crippen LogP contribution in [0.2, 0.25) is 0 Å². The number of rotatable bonds is 5. The number of amides is 1. The van der Waals surface area contributed by atoms with Gasteiger partial charge in [-0.1, -0.05) is 43.0 Å². The molecule has 0 saturated heterocycles. The summed E-state index contributed by atoms with van der Waals surface area (Å²) in [6.45, 7) is 5.56. The lowest BCUT2D eigenvalue weighted by molar-refractivity contribution is 0.0927. The van der Waals surface area contributed by atoms with Gasteiger partial charge in [0.25, 0.3) is 15.9 Å². The van der Waals surface area contributed by atoms with E-state index < -0.39 is 10.0 Å². The van der Waals surface area contributed by atoms with Crippen LogP contribution < -0.4 is 10.0 Å². The highest BCUT2D eigenvalue weighted by atomic mass is 32.2. The molecule has 28 heavy (non-hydrogen) atoms. The Morgan fingerprint density at radius 1 is 0.929 bits per heavy atom. The molecule has 3 rings (SSSR count). The number of sulfonamides is 1. The van der Waals surface area contributed by atoms with E-state index in [1.165, 1.54) is 12.5 Å². The smallest absolute Gasteiger partial charge is 0.262 e. The van der Waals surface area contributed by atoms with Crippen molar-refractivity contribution in [3.8, 4) is 0 Å². The van der Waals surface area contributed by atoms with Gasteiger partial charge in [-0.2, -0.15) is 0 Å². The summed E-state index contributed by atoms with van der Waals surface area (Å²) in [4.78, 5) is 12.8. The van der Waals surface area contributed by atoms with Crippen molar-refractivity contribution in [3.05, 3.63) is 58.7 Å². The third kappa shape index (κ3) is 4.73. The van der Waals surface area contributed by atoms with Crippen LogP contribution in [-0.4, -0.2) is 20.4 Å². The van der Waals surface area contributed by atoms with Crippen molar-refractivity contribution in [2.24, 2.45) is 0 Å². The summed E-state index contributed by atoms with van der Waals surface area (Å²) in [5, 5.41) is 3.04. The fourth-order valence-corrected chi connectivity index (χ4v) is 5.08. The van der Waals surface area contributed by atoms with Gasteiger partial charge in [-0.3, -0.25) is 9.52 Å². The molecule has 0 heterocycles. The molecule has 1 aliphatic carbocycles. The number of nitrogens with one attached hydrogen (secondary N) is 2. The van der Waals surface area contributed by atoms with Crippen molar-refractivity contribution < 1.29 is 13.2 Å². The van der Waals surface area contributed by atoms with E-state index in [0.717, 1.165) is 36.8 Å². The first-order chi connectivity index (χ1) is 13.3. The number of hydrogen-bond donors (Lipinski definition) is 2. The van der Waals surface area contributed by atoms with Gasteiger partial charge in [0, 0.05) is 11.6 Å². The van der Waals surface area contributed by atoms with E-state index in [1.807, 2.05) is 26.0 Å². The fourth-order valence-electron chi connectivity index (χ4n) is 3.67. The molecule has 0 spiro atoms. The highest BCUT2D eigenvalue weighted by molar-refractivity contribution is 7.92. The SMILES string of the molecule is Cc1ccc(NS(=O)(=O)c2cc(C(=O)NC3CCCCC3)ccc2C)c(C)c1. The molecule has 0 bridgehead atoms. The van der Waals surface area contributed by atoms with E-state index in [1.54, 1.807) is 25.1 Å². The molecule has 6 heteroatoms. The monoisotopic (exact) mass is 400 g/mol. The number of benzene rings is 2. The highest BCUT2D eigenvalue weighted by Gasteiger charge is 2.22. The predicted octanol–water partition coefficient (Wildman–Crippen LogP) is 4.48. The Balaban J connectivity index is 1.84. The van der Waals surface area contributed by atoms with Crippen LogP contribution in [0.1, 0.15) is 59.2 Å². The number of aryl methyl sites for hydroxylation is 3. The predicted molar refractivity (Wildman–Crippen MR) is 112 cm³/mol. The Kier molecular flexibility index (Phi) is 6.08. The van der Waals surface area contributed by atoms with Crippen molar-refractivity contribution in [2.45, 2.75) is 63.8 Å². The molecule has 0 radical (unpaired) electrons. The second-order valence-electron chi connectivity index (χ2n) is 7.71. The minimum Gasteiger partial charge on any atom is -0.349 e. The van der Waals surface area contributed by atoms with E-state index in [-0.39, 0.29) is 16.8 Å². The summed E-state index contributed by atoms with van der Waals surface area (Å²) in [5.41, 5.74) is 3.44. The normalized spacial score (nSPS) is 15.2. The maximum Gasteiger partial charge on any atom is 0.262 e. The largest absolute Gasteiger partial charge is 0.349 e. The van der Waals surface area contributed by atoms with Crippen LogP contribution in [0.5, 0.6) is 0 Å². The molecule has 0 unspecified atom stereocenters. The average Bonchev–Trinajstić information content (AvgIpc) is 2.65. The molecule has 150 valence electrons. The minimum atomic E-state index is -3.80. The number of carbonyl (C=O) groups excluding carboxylic acids is 1. The van der Waals surface area contributed by atoms with Crippen LogP contribution in [0, 0.1) is 20.8 Å². The second-order valence-corrected chi connectivity index (χ2v) is 9.36. The van der Waals surface area contributed by atoms with Gasteiger partial charge < -0.3 is 5.32 Å². The van der Waals surface area contributed by atoms with Gasteiger partial charge >= 0.3 is 0 Å². The number of hydrogen-bond acceptors (Lipinski definition) is 3. The molecule has 2 aromatic rings. The lowest BCUT2D eigenvalue weighted by atomic mass is 9.95. The molecule has 0 atom stereocenters. The molecule has 5 nitrogen and oxygen atoms in total. The summed E-state index contributed by atoms with van der Waals surface area (Å²) >= 11 is 0. The third-order valence-electron chi connectivity index (χ3n) is 5.31. The standard InChI is InChI=1S/C22H28N2O3S/c1-15-9-12-20(17(3)13-15)24-28(26,27)21-14-18(11-10-16(21)2)22(25)23-19-7-5-4-6-8-19/h9-14,19,24H,4-8H2,1-3H3,(H,23,25). The summed E-state index contributed by atoms with van der Waals surface area (Å²) in [6.07, 6.45) is 5.42. The van der Waals surface area contributed by atoms with Gasteiger partial charge in [-0.05, 0) is 62.9 Å². The fraction of sp³-hybridized carbons (Fsp3) is 0.409. The van der Waals surface area contributed by atoms with E-state index in [2.05, 4.69) is 10.0 Å². The molecule has 1 aliphatic rings. The van der Waals surface area contributed by atoms with Crippen molar-refractivity contribution in [3.63, 3.8) is 0 Å². The van der Waals surface area contributed by atoms with Crippen LogP contribution in [0.4, 0.5) is 5.69 Å². The third-order valence-corrected chi connectivity index (χ3v) is 6.81. The first kappa shape index (κ1) is 20.4. The zero-order valence-electron chi connectivity index (χ0n) is 16.7. The second kappa shape index (κ2) is 8.35. The maximum absolute atomic E-state index is 13.0.